The maximum Gasteiger partial charge on any atom is 0.234 e. The van der Waals surface area contributed by atoms with Crippen molar-refractivity contribution >= 4 is 17.6 Å². The molecular weight excluding hydrogens is 244 g/mol. The van der Waals surface area contributed by atoms with Crippen LogP contribution in [-0.2, 0) is 9.59 Å². The number of aliphatic hydroxyl groups is 1. The molecule has 1 N–H and O–H groups in total. The first-order valence-corrected chi connectivity index (χ1v) is 6.15. The number of anilines is 1. The molecule has 1 aromatic rings. The first kappa shape index (κ1) is 13.2. The van der Waals surface area contributed by atoms with Gasteiger partial charge in [0, 0.05) is 12.8 Å². The van der Waals surface area contributed by atoms with Gasteiger partial charge in [-0.3, -0.25) is 9.59 Å². The van der Waals surface area contributed by atoms with E-state index in [2.05, 4.69) is 16.8 Å². The number of nitrogens with zero attached hydrogens (tertiary/aromatic N) is 2. The van der Waals surface area contributed by atoms with Crippen LogP contribution in [0.1, 0.15) is 31.4 Å². The SMILES string of the molecule is O=C1CCCCC(=O)N1c1cccc(C#CCO)n1. The lowest BCUT2D eigenvalue weighted by molar-refractivity contribution is -0.125. The zero-order valence-electron chi connectivity index (χ0n) is 10.4. The van der Waals surface area contributed by atoms with E-state index in [0.29, 0.717) is 24.4 Å². The molecule has 1 saturated heterocycles. The highest BCUT2D eigenvalue weighted by Gasteiger charge is 2.26. The van der Waals surface area contributed by atoms with Gasteiger partial charge < -0.3 is 5.11 Å². The lowest BCUT2D eigenvalue weighted by Gasteiger charge is -2.17. The standard InChI is InChI=1S/C14H14N2O3/c17-10-4-6-11-5-3-7-12(15-11)16-13(18)8-1-2-9-14(16)19/h3,5,7,17H,1-2,8-10H2. The Hall–Kier alpha value is -2.19. The molecule has 1 aliphatic heterocycles. The molecular formula is C14H14N2O3. The summed E-state index contributed by atoms with van der Waals surface area (Å²) in [4.78, 5) is 29.2. The minimum atomic E-state index is -0.256. The second-order valence-electron chi connectivity index (χ2n) is 4.17. The van der Waals surface area contributed by atoms with E-state index < -0.39 is 0 Å². The van der Waals surface area contributed by atoms with E-state index >= 15 is 0 Å². The van der Waals surface area contributed by atoms with Crippen LogP contribution >= 0.6 is 0 Å². The second kappa shape index (κ2) is 6.12. The molecule has 2 amide bonds. The molecule has 5 nitrogen and oxygen atoms in total. The van der Waals surface area contributed by atoms with E-state index in [1.165, 1.54) is 0 Å². The van der Waals surface area contributed by atoms with Gasteiger partial charge in [-0.25, -0.2) is 9.88 Å². The van der Waals surface area contributed by atoms with E-state index in [4.69, 9.17) is 5.11 Å². The molecule has 2 rings (SSSR count). The normalized spacial score (nSPS) is 15.7. The van der Waals surface area contributed by atoms with Crippen molar-refractivity contribution in [2.24, 2.45) is 0 Å². The van der Waals surface area contributed by atoms with E-state index in [1.54, 1.807) is 18.2 Å². The Kier molecular flexibility index (Phi) is 4.26. The molecule has 5 heteroatoms. The third kappa shape index (κ3) is 3.18. The maximum atomic E-state index is 11.9. The van der Waals surface area contributed by atoms with Crippen molar-refractivity contribution in [3.63, 3.8) is 0 Å². The summed E-state index contributed by atoms with van der Waals surface area (Å²) < 4.78 is 0. The van der Waals surface area contributed by atoms with Crippen LogP contribution in [0.5, 0.6) is 0 Å². The number of pyridine rings is 1. The smallest absolute Gasteiger partial charge is 0.234 e. The van der Waals surface area contributed by atoms with Gasteiger partial charge in [0.15, 0.2) is 0 Å². The number of aromatic nitrogens is 1. The highest BCUT2D eigenvalue weighted by Crippen LogP contribution is 2.19. The van der Waals surface area contributed by atoms with Gasteiger partial charge in [0.05, 0.1) is 0 Å². The summed E-state index contributed by atoms with van der Waals surface area (Å²) >= 11 is 0. The first-order valence-electron chi connectivity index (χ1n) is 6.15. The number of aliphatic hydroxyl groups excluding tert-OH is 1. The molecule has 0 saturated carbocycles. The van der Waals surface area contributed by atoms with Gasteiger partial charge >= 0.3 is 0 Å². The number of hydrogen-bond acceptors (Lipinski definition) is 4. The molecule has 0 spiro atoms. The van der Waals surface area contributed by atoms with Crippen LogP contribution in [0, 0.1) is 11.8 Å². The van der Waals surface area contributed by atoms with Gasteiger partial charge in [0.1, 0.15) is 18.1 Å². The van der Waals surface area contributed by atoms with Crippen LogP contribution in [0.4, 0.5) is 5.82 Å². The average Bonchev–Trinajstić information content (AvgIpc) is 2.58. The highest BCUT2D eigenvalue weighted by molar-refractivity contribution is 6.14. The Bertz CT molecular complexity index is 539. The van der Waals surface area contributed by atoms with Crippen molar-refractivity contribution in [3.05, 3.63) is 23.9 Å². The molecule has 1 aromatic heterocycles. The van der Waals surface area contributed by atoms with Gasteiger partial charge in [0.2, 0.25) is 11.8 Å². The lowest BCUT2D eigenvalue weighted by Crippen LogP contribution is -2.35. The van der Waals surface area contributed by atoms with Crippen molar-refractivity contribution in [2.75, 3.05) is 11.5 Å². The van der Waals surface area contributed by atoms with Crippen LogP contribution in [0.2, 0.25) is 0 Å². The summed E-state index contributed by atoms with van der Waals surface area (Å²) in [7, 11) is 0. The van der Waals surface area contributed by atoms with Gasteiger partial charge in [-0.15, -0.1) is 0 Å². The van der Waals surface area contributed by atoms with Crippen molar-refractivity contribution in [1.29, 1.82) is 0 Å². The largest absolute Gasteiger partial charge is 0.384 e. The maximum absolute atomic E-state index is 11.9. The van der Waals surface area contributed by atoms with Crippen LogP contribution < -0.4 is 4.90 Å². The van der Waals surface area contributed by atoms with Crippen molar-refractivity contribution < 1.29 is 14.7 Å². The van der Waals surface area contributed by atoms with Crippen LogP contribution in [0.3, 0.4) is 0 Å². The molecule has 0 bridgehead atoms. The Balaban J connectivity index is 2.33. The molecule has 19 heavy (non-hydrogen) atoms. The number of rotatable bonds is 1. The van der Waals surface area contributed by atoms with Crippen molar-refractivity contribution in [2.45, 2.75) is 25.7 Å². The topological polar surface area (TPSA) is 70.5 Å². The number of carbonyl (C=O) groups is 2. The van der Waals surface area contributed by atoms with Crippen LogP contribution in [0.15, 0.2) is 18.2 Å². The van der Waals surface area contributed by atoms with Crippen LogP contribution in [-0.4, -0.2) is 28.5 Å². The van der Waals surface area contributed by atoms with E-state index in [1.807, 2.05) is 0 Å². The Labute approximate surface area is 111 Å². The summed E-state index contributed by atoms with van der Waals surface area (Å²) in [5.41, 5.74) is 0.427. The summed E-state index contributed by atoms with van der Waals surface area (Å²) in [6, 6.07) is 4.97. The molecule has 1 fully saturated rings. The first-order chi connectivity index (χ1) is 9.22. The van der Waals surface area contributed by atoms with E-state index in [0.717, 1.165) is 17.7 Å². The zero-order chi connectivity index (χ0) is 13.7. The molecule has 98 valence electrons. The average molecular weight is 258 g/mol. The molecule has 2 heterocycles. The van der Waals surface area contributed by atoms with Gasteiger partial charge in [0.25, 0.3) is 0 Å². The second-order valence-corrected chi connectivity index (χ2v) is 4.17. The monoisotopic (exact) mass is 258 g/mol. The number of amides is 2. The lowest BCUT2D eigenvalue weighted by atomic mass is 10.2. The Morgan fingerprint density at radius 1 is 1.21 bits per heavy atom. The predicted molar refractivity (Wildman–Crippen MR) is 69.2 cm³/mol. The molecule has 0 unspecified atom stereocenters. The quantitative estimate of drug-likeness (QED) is 0.599. The Morgan fingerprint density at radius 3 is 2.53 bits per heavy atom. The molecule has 0 aliphatic carbocycles. The minimum absolute atomic E-state index is 0.220. The molecule has 1 aliphatic rings. The highest BCUT2D eigenvalue weighted by atomic mass is 16.2. The van der Waals surface area contributed by atoms with Crippen LogP contribution in [0.25, 0.3) is 0 Å². The minimum Gasteiger partial charge on any atom is -0.384 e. The third-order valence-electron chi connectivity index (χ3n) is 2.79. The number of imide groups is 1. The van der Waals surface area contributed by atoms with Gasteiger partial charge in [-0.2, -0.15) is 0 Å². The number of carbonyl (C=O) groups excluding carboxylic acids is 2. The van der Waals surface area contributed by atoms with E-state index in [9.17, 15) is 9.59 Å². The summed E-state index contributed by atoms with van der Waals surface area (Å²) in [5, 5.41) is 8.65. The molecule has 0 aromatic carbocycles. The fraction of sp³-hybridized carbons (Fsp3) is 0.357. The number of hydrogen-bond donors (Lipinski definition) is 1. The third-order valence-corrected chi connectivity index (χ3v) is 2.79. The van der Waals surface area contributed by atoms with E-state index in [-0.39, 0.29) is 18.4 Å². The van der Waals surface area contributed by atoms with Crippen molar-refractivity contribution in [1.82, 2.24) is 4.98 Å². The fourth-order valence-electron chi connectivity index (χ4n) is 1.92. The summed E-state index contributed by atoms with van der Waals surface area (Å²) in [6.45, 7) is -0.256. The summed E-state index contributed by atoms with van der Waals surface area (Å²) in [6.07, 6.45) is 2.18. The molecule has 0 radical (unpaired) electrons. The zero-order valence-corrected chi connectivity index (χ0v) is 10.4. The molecule has 0 atom stereocenters. The van der Waals surface area contributed by atoms with Gasteiger partial charge in [-0.1, -0.05) is 12.0 Å². The van der Waals surface area contributed by atoms with Crippen molar-refractivity contribution in [3.8, 4) is 11.8 Å². The predicted octanol–water partition coefficient (Wildman–Crippen LogP) is 0.859. The fourth-order valence-corrected chi connectivity index (χ4v) is 1.92. The Morgan fingerprint density at radius 2 is 1.89 bits per heavy atom. The van der Waals surface area contributed by atoms with Gasteiger partial charge in [-0.05, 0) is 30.9 Å². The summed E-state index contributed by atoms with van der Waals surface area (Å²) in [5.74, 6) is 5.01.